The summed E-state index contributed by atoms with van der Waals surface area (Å²) in [5.41, 5.74) is 0. The summed E-state index contributed by atoms with van der Waals surface area (Å²) in [7, 11) is 0. The van der Waals surface area contributed by atoms with E-state index in [0.717, 1.165) is 76.0 Å². The normalized spacial score (nSPS) is 12.2. The molecule has 240 valence electrons. The van der Waals surface area contributed by atoms with E-state index < -0.39 is 0 Å². The zero-order valence-electron chi connectivity index (χ0n) is 29.1. The number of hydrogen-bond donors (Lipinski definition) is 0. The molecule has 0 rings (SSSR count). The van der Waals surface area contributed by atoms with Gasteiger partial charge in [-0.2, -0.15) is 0 Å². The Morgan fingerprint density at radius 2 is 0.750 bits per heavy atom. The van der Waals surface area contributed by atoms with Crippen LogP contribution in [-0.2, 0) is 9.59 Å². The molecule has 0 aromatic carbocycles. The van der Waals surface area contributed by atoms with Crippen LogP contribution in [0, 0.1) is 23.7 Å². The first-order valence-electron chi connectivity index (χ1n) is 18.4. The Kier molecular flexibility index (Phi) is 32.4. The molecule has 0 radical (unpaired) electrons. The Bertz CT molecular complexity index is 522. The van der Waals surface area contributed by atoms with E-state index in [1.807, 2.05) is 0 Å². The standard InChI is InChI=1S/2C19H38O/c1-5-11-17(12-6-2)15-9-10-16-19(20)18(13-7-3)14-8-4;1-5-9-15-18(8-4)19(20)16-11-10-14-17(12-6-2)13-7-3/h2*17-18H,5-16H2,1-4H3. The Labute approximate surface area is 254 Å². The number of carbonyl (C=O) groups is 2. The zero-order chi connectivity index (χ0) is 30.4. The predicted molar refractivity (Wildman–Crippen MR) is 180 cm³/mol. The Balaban J connectivity index is 0. The summed E-state index contributed by atoms with van der Waals surface area (Å²) in [4.78, 5) is 24.4. The van der Waals surface area contributed by atoms with Crippen molar-refractivity contribution < 1.29 is 9.59 Å². The lowest BCUT2D eigenvalue weighted by Gasteiger charge is -2.16. The fourth-order valence-electron chi connectivity index (χ4n) is 6.58. The van der Waals surface area contributed by atoms with E-state index in [0.29, 0.717) is 23.4 Å². The van der Waals surface area contributed by atoms with Gasteiger partial charge in [-0.15, -0.1) is 0 Å². The van der Waals surface area contributed by atoms with Gasteiger partial charge in [-0.05, 0) is 50.4 Å². The van der Waals surface area contributed by atoms with Crippen LogP contribution < -0.4 is 0 Å². The molecule has 0 N–H and O–H groups in total. The highest BCUT2D eigenvalue weighted by atomic mass is 16.1. The van der Waals surface area contributed by atoms with Crippen LogP contribution in [0.15, 0.2) is 0 Å². The van der Waals surface area contributed by atoms with Gasteiger partial charge in [-0.3, -0.25) is 9.59 Å². The maximum absolute atomic E-state index is 12.2. The van der Waals surface area contributed by atoms with Gasteiger partial charge in [0.05, 0.1) is 0 Å². The highest BCUT2D eigenvalue weighted by Crippen LogP contribution is 2.24. The van der Waals surface area contributed by atoms with Crippen molar-refractivity contribution in [3.8, 4) is 0 Å². The third kappa shape index (κ3) is 24.0. The SMILES string of the molecule is CCCC(CCC)CCCCC(=O)C(CCC)CCC.CCCCC(CC)C(=O)CCCCC(CCC)CCC. The smallest absolute Gasteiger partial charge is 0.135 e. The molecule has 0 amide bonds. The summed E-state index contributed by atoms with van der Waals surface area (Å²) in [5.74, 6) is 3.58. The molecule has 0 aliphatic rings. The molecular weight excluding hydrogens is 488 g/mol. The molecule has 1 atom stereocenters. The van der Waals surface area contributed by atoms with Gasteiger partial charge in [0, 0.05) is 24.7 Å². The molecule has 0 saturated carbocycles. The summed E-state index contributed by atoms with van der Waals surface area (Å²) in [6.45, 7) is 17.9. The average Bonchev–Trinajstić information content (AvgIpc) is 2.94. The lowest BCUT2D eigenvalue weighted by atomic mass is 9.89. The number of rotatable bonds is 28. The van der Waals surface area contributed by atoms with Crippen LogP contribution in [0.2, 0.25) is 0 Å². The molecule has 0 spiro atoms. The van der Waals surface area contributed by atoms with Crippen molar-refractivity contribution in [3.63, 3.8) is 0 Å². The van der Waals surface area contributed by atoms with Crippen molar-refractivity contribution in [3.05, 3.63) is 0 Å². The highest BCUT2D eigenvalue weighted by molar-refractivity contribution is 5.81. The minimum absolute atomic E-state index is 0.344. The van der Waals surface area contributed by atoms with Crippen LogP contribution in [-0.4, -0.2) is 11.6 Å². The summed E-state index contributed by atoms with van der Waals surface area (Å²) >= 11 is 0. The summed E-state index contributed by atoms with van der Waals surface area (Å²) in [6, 6.07) is 0. The van der Waals surface area contributed by atoms with Crippen LogP contribution in [0.5, 0.6) is 0 Å². The Hall–Kier alpha value is -0.660. The second-order valence-corrected chi connectivity index (χ2v) is 12.8. The predicted octanol–water partition coefficient (Wildman–Crippen LogP) is 13.1. The van der Waals surface area contributed by atoms with Gasteiger partial charge < -0.3 is 0 Å². The lowest BCUT2D eigenvalue weighted by molar-refractivity contribution is -0.124. The number of carbonyl (C=O) groups excluding carboxylic acids is 2. The molecule has 2 nitrogen and oxygen atoms in total. The van der Waals surface area contributed by atoms with Crippen molar-refractivity contribution in [1.82, 2.24) is 0 Å². The second-order valence-electron chi connectivity index (χ2n) is 12.8. The zero-order valence-corrected chi connectivity index (χ0v) is 29.1. The van der Waals surface area contributed by atoms with Crippen LogP contribution in [0.3, 0.4) is 0 Å². The van der Waals surface area contributed by atoms with E-state index in [4.69, 9.17) is 0 Å². The number of hydrogen-bond acceptors (Lipinski definition) is 2. The van der Waals surface area contributed by atoms with Gasteiger partial charge in [0.1, 0.15) is 11.6 Å². The van der Waals surface area contributed by atoms with Crippen molar-refractivity contribution in [1.29, 1.82) is 0 Å². The minimum Gasteiger partial charge on any atom is -0.299 e. The number of unbranched alkanes of at least 4 members (excludes halogenated alkanes) is 3. The fourth-order valence-corrected chi connectivity index (χ4v) is 6.58. The van der Waals surface area contributed by atoms with Gasteiger partial charge >= 0.3 is 0 Å². The molecule has 0 aliphatic heterocycles. The summed E-state index contributed by atoms with van der Waals surface area (Å²) < 4.78 is 0. The second kappa shape index (κ2) is 31.3. The van der Waals surface area contributed by atoms with Gasteiger partial charge in [-0.25, -0.2) is 0 Å². The third-order valence-electron chi connectivity index (χ3n) is 8.94. The average molecular weight is 565 g/mol. The molecule has 0 aromatic rings. The van der Waals surface area contributed by atoms with Crippen molar-refractivity contribution in [2.45, 2.75) is 209 Å². The summed E-state index contributed by atoms with van der Waals surface area (Å²) in [5, 5.41) is 0. The Morgan fingerprint density at radius 1 is 0.375 bits per heavy atom. The fraction of sp³-hybridized carbons (Fsp3) is 0.947. The lowest BCUT2D eigenvalue weighted by Crippen LogP contribution is -2.14. The molecule has 0 heterocycles. The first-order valence-corrected chi connectivity index (χ1v) is 18.4. The van der Waals surface area contributed by atoms with E-state index in [2.05, 4.69) is 55.4 Å². The maximum atomic E-state index is 12.2. The third-order valence-corrected chi connectivity index (χ3v) is 8.94. The van der Waals surface area contributed by atoms with Gasteiger partial charge in [0.2, 0.25) is 0 Å². The molecule has 0 aromatic heterocycles. The quantitative estimate of drug-likeness (QED) is 0.0885. The van der Waals surface area contributed by atoms with E-state index in [1.54, 1.807) is 0 Å². The van der Waals surface area contributed by atoms with Gasteiger partial charge in [-0.1, -0.05) is 158 Å². The van der Waals surface area contributed by atoms with E-state index in [-0.39, 0.29) is 0 Å². The van der Waals surface area contributed by atoms with Gasteiger partial charge in [0.25, 0.3) is 0 Å². The number of ketones is 2. The molecule has 0 saturated heterocycles. The number of Topliss-reactive ketones (excluding diaryl/α,β-unsaturated/α-hetero) is 2. The monoisotopic (exact) mass is 565 g/mol. The minimum atomic E-state index is 0.344. The molecule has 0 fully saturated rings. The van der Waals surface area contributed by atoms with Gasteiger partial charge in [0.15, 0.2) is 0 Å². The van der Waals surface area contributed by atoms with E-state index >= 15 is 0 Å². The summed E-state index contributed by atoms with van der Waals surface area (Å²) in [6.07, 6.45) is 28.8. The molecule has 0 bridgehead atoms. The maximum Gasteiger partial charge on any atom is 0.135 e. The topological polar surface area (TPSA) is 34.1 Å². The van der Waals surface area contributed by atoms with Crippen molar-refractivity contribution in [2.75, 3.05) is 0 Å². The van der Waals surface area contributed by atoms with Crippen LogP contribution in [0.4, 0.5) is 0 Å². The van der Waals surface area contributed by atoms with Crippen LogP contribution in [0.25, 0.3) is 0 Å². The van der Waals surface area contributed by atoms with Crippen molar-refractivity contribution in [2.24, 2.45) is 23.7 Å². The first kappa shape index (κ1) is 41.5. The first-order chi connectivity index (χ1) is 19.4. The molecule has 2 heteroatoms. The molecular formula is C38H76O2. The van der Waals surface area contributed by atoms with Crippen LogP contribution in [0.1, 0.15) is 209 Å². The Morgan fingerprint density at radius 3 is 1.07 bits per heavy atom. The van der Waals surface area contributed by atoms with E-state index in [9.17, 15) is 9.59 Å². The molecule has 1 unspecified atom stereocenters. The van der Waals surface area contributed by atoms with E-state index in [1.165, 1.54) is 89.9 Å². The largest absolute Gasteiger partial charge is 0.299 e. The highest BCUT2D eigenvalue weighted by Gasteiger charge is 2.17. The van der Waals surface area contributed by atoms with Crippen LogP contribution >= 0.6 is 0 Å². The molecule has 40 heavy (non-hydrogen) atoms. The molecule has 0 aliphatic carbocycles. The van der Waals surface area contributed by atoms with Crippen molar-refractivity contribution >= 4 is 11.6 Å².